The Hall–Kier alpha value is -2.54. The van der Waals surface area contributed by atoms with Gasteiger partial charge in [0.05, 0.1) is 11.9 Å². The monoisotopic (exact) mass is 344 g/mol. The quantitative estimate of drug-likeness (QED) is 0.789. The summed E-state index contributed by atoms with van der Waals surface area (Å²) in [5, 5.41) is 13.7. The number of carbonyl (C=O) groups is 1. The normalized spacial score (nSPS) is 10.5. The van der Waals surface area contributed by atoms with Crippen molar-refractivity contribution in [2.24, 2.45) is 0 Å². The Balaban J connectivity index is 2.15. The summed E-state index contributed by atoms with van der Waals surface area (Å²) >= 11 is 3.38. The van der Waals surface area contributed by atoms with Gasteiger partial charge in [0.15, 0.2) is 0 Å². The first kappa shape index (κ1) is 13.4. The number of rotatable bonds is 3. The molecule has 0 unspecified atom stereocenters. The number of aromatic carboxylic acids is 1. The van der Waals surface area contributed by atoms with Crippen molar-refractivity contribution in [2.75, 3.05) is 0 Å². The van der Waals surface area contributed by atoms with Gasteiger partial charge in [-0.15, -0.1) is 0 Å². The van der Waals surface area contributed by atoms with Crippen LogP contribution in [0.25, 0.3) is 17.1 Å². The van der Waals surface area contributed by atoms with E-state index in [0.717, 1.165) is 10.2 Å². The highest BCUT2D eigenvalue weighted by molar-refractivity contribution is 9.10. The Kier molecular flexibility index (Phi) is 3.49. The lowest BCUT2D eigenvalue weighted by molar-refractivity contribution is 0.0697. The SMILES string of the molecule is O=C(O)c1cn(-c2cccc(Br)c2)nc1-c1cnccn1. The average Bonchev–Trinajstić information content (AvgIpc) is 2.93. The van der Waals surface area contributed by atoms with E-state index in [1.54, 1.807) is 0 Å². The molecule has 0 aliphatic carbocycles. The Labute approximate surface area is 128 Å². The molecule has 0 bridgehead atoms. The summed E-state index contributed by atoms with van der Waals surface area (Å²) < 4.78 is 2.39. The lowest BCUT2D eigenvalue weighted by Gasteiger charge is -2.01. The second-order valence-electron chi connectivity index (χ2n) is 4.21. The van der Waals surface area contributed by atoms with Crippen LogP contribution in [0.1, 0.15) is 10.4 Å². The van der Waals surface area contributed by atoms with Crippen LogP contribution in [0.2, 0.25) is 0 Å². The first-order chi connectivity index (χ1) is 10.1. The summed E-state index contributed by atoms with van der Waals surface area (Å²) in [4.78, 5) is 19.4. The Morgan fingerprint density at radius 2 is 2.14 bits per heavy atom. The third kappa shape index (κ3) is 2.68. The van der Waals surface area contributed by atoms with Gasteiger partial charge in [-0.05, 0) is 18.2 Å². The van der Waals surface area contributed by atoms with Crippen molar-refractivity contribution in [1.29, 1.82) is 0 Å². The lowest BCUT2D eigenvalue weighted by atomic mass is 10.2. The van der Waals surface area contributed by atoms with E-state index in [9.17, 15) is 9.90 Å². The molecule has 1 N–H and O–H groups in total. The number of hydrogen-bond donors (Lipinski definition) is 1. The first-order valence-electron chi connectivity index (χ1n) is 6.00. The van der Waals surface area contributed by atoms with Gasteiger partial charge in [0, 0.05) is 23.1 Å². The number of carboxylic acids is 1. The summed E-state index contributed by atoms with van der Waals surface area (Å²) in [7, 11) is 0. The predicted octanol–water partition coefficient (Wildman–Crippen LogP) is 2.79. The Morgan fingerprint density at radius 1 is 1.29 bits per heavy atom. The molecule has 3 aromatic rings. The zero-order valence-electron chi connectivity index (χ0n) is 10.6. The van der Waals surface area contributed by atoms with Crippen molar-refractivity contribution in [3.05, 3.63) is 59.1 Å². The van der Waals surface area contributed by atoms with Crippen LogP contribution in [0.4, 0.5) is 0 Å². The van der Waals surface area contributed by atoms with Gasteiger partial charge in [-0.1, -0.05) is 22.0 Å². The largest absolute Gasteiger partial charge is 0.478 e. The van der Waals surface area contributed by atoms with Crippen molar-refractivity contribution in [1.82, 2.24) is 19.7 Å². The Bertz CT molecular complexity index is 802. The molecule has 0 aliphatic rings. The van der Waals surface area contributed by atoms with Crippen LogP contribution in [0.5, 0.6) is 0 Å². The highest BCUT2D eigenvalue weighted by atomic mass is 79.9. The van der Waals surface area contributed by atoms with E-state index in [4.69, 9.17) is 0 Å². The third-order valence-electron chi connectivity index (χ3n) is 2.82. The zero-order valence-corrected chi connectivity index (χ0v) is 12.2. The smallest absolute Gasteiger partial charge is 0.339 e. The minimum atomic E-state index is -1.06. The topological polar surface area (TPSA) is 80.9 Å². The van der Waals surface area contributed by atoms with E-state index in [2.05, 4.69) is 31.0 Å². The molecule has 0 fully saturated rings. The van der Waals surface area contributed by atoms with Gasteiger partial charge in [-0.2, -0.15) is 5.10 Å². The summed E-state index contributed by atoms with van der Waals surface area (Å²) in [6.07, 6.45) is 5.97. The van der Waals surface area contributed by atoms with Crippen LogP contribution < -0.4 is 0 Å². The van der Waals surface area contributed by atoms with Crippen molar-refractivity contribution < 1.29 is 9.90 Å². The van der Waals surface area contributed by atoms with E-state index in [-0.39, 0.29) is 11.3 Å². The molecule has 0 saturated carbocycles. The number of carboxylic acid groups (broad SMARTS) is 1. The van der Waals surface area contributed by atoms with Crippen molar-refractivity contribution in [2.45, 2.75) is 0 Å². The van der Waals surface area contributed by atoms with Crippen LogP contribution in [0, 0.1) is 0 Å². The fraction of sp³-hybridized carbons (Fsp3) is 0. The highest BCUT2D eigenvalue weighted by Crippen LogP contribution is 2.22. The molecule has 7 heteroatoms. The molecular formula is C14H9BrN4O2. The molecular weight excluding hydrogens is 336 g/mol. The van der Waals surface area contributed by atoms with Crippen molar-refractivity contribution in [3.8, 4) is 17.1 Å². The van der Waals surface area contributed by atoms with Gasteiger partial charge in [0.25, 0.3) is 0 Å². The maximum atomic E-state index is 11.4. The van der Waals surface area contributed by atoms with Crippen LogP contribution in [0.15, 0.2) is 53.5 Å². The first-order valence-corrected chi connectivity index (χ1v) is 6.80. The summed E-state index contributed by atoms with van der Waals surface area (Å²) in [5.74, 6) is -1.06. The van der Waals surface area contributed by atoms with Gasteiger partial charge >= 0.3 is 5.97 Å². The summed E-state index contributed by atoms with van der Waals surface area (Å²) in [6.45, 7) is 0. The molecule has 6 nitrogen and oxygen atoms in total. The molecule has 0 spiro atoms. The fourth-order valence-electron chi connectivity index (χ4n) is 1.89. The Morgan fingerprint density at radius 3 is 2.81 bits per heavy atom. The number of benzene rings is 1. The maximum Gasteiger partial charge on any atom is 0.339 e. The molecule has 104 valence electrons. The van der Waals surface area contributed by atoms with Crippen molar-refractivity contribution >= 4 is 21.9 Å². The van der Waals surface area contributed by atoms with Gasteiger partial charge in [0.2, 0.25) is 0 Å². The standard InChI is InChI=1S/C14H9BrN4O2/c15-9-2-1-3-10(6-9)19-8-11(14(20)21)13(18-19)12-7-16-4-5-17-12/h1-8H,(H,20,21). The van der Waals surface area contributed by atoms with E-state index >= 15 is 0 Å². The molecule has 0 aliphatic heterocycles. The maximum absolute atomic E-state index is 11.4. The second kappa shape index (κ2) is 5.45. The molecule has 21 heavy (non-hydrogen) atoms. The molecule has 0 atom stereocenters. The number of nitrogens with zero attached hydrogens (tertiary/aromatic N) is 4. The molecule has 3 rings (SSSR count). The van der Waals surface area contributed by atoms with Gasteiger partial charge in [0.1, 0.15) is 17.0 Å². The minimum absolute atomic E-state index is 0.0791. The molecule has 2 heterocycles. The molecule has 0 amide bonds. The van der Waals surface area contributed by atoms with Gasteiger partial charge in [-0.3, -0.25) is 9.97 Å². The predicted molar refractivity (Wildman–Crippen MR) is 79.2 cm³/mol. The minimum Gasteiger partial charge on any atom is -0.478 e. The van der Waals surface area contributed by atoms with Crippen LogP contribution in [-0.2, 0) is 0 Å². The fourth-order valence-corrected chi connectivity index (χ4v) is 2.28. The average molecular weight is 345 g/mol. The summed E-state index contributed by atoms with van der Waals surface area (Å²) in [6, 6.07) is 7.42. The highest BCUT2D eigenvalue weighted by Gasteiger charge is 2.18. The van der Waals surface area contributed by atoms with E-state index in [1.165, 1.54) is 29.5 Å². The van der Waals surface area contributed by atoms with Gasteiger partial charge in [-0.25, -0.2) is 9.48 Å². The number of hydrogen-bond acceptors (Lipinski definition) is 4. The zero-order chi connectivity index (χ0) is 14.8. The van der Waals surface area contributed by atoms with Gasteiger partial charge < -0.3 is 5.11 Å². The molecule has 2 aromatic heterocycles. The second-order valence-corrected chi connectivity index (χ2v) is 5.13. The lowest BCUT2D eigenvalue weighted by Crippen LogP contribution is -1.97. The number of halogens is 1. The van der Waals surface area contributed by atoms with Crippen LogP contribution >= 0.6 is 15.9 Å². The van der Waals surface area contributed by atoms with Crippen LogP contribution in [-0.4, -0.2) is 30.8 Å². The molecule has 0 saturated heterocycles. The molecule has 0 radical (unpaired) electrons. The number of aromatic nitrogens is 4. The van der Waals surface area contributed by atoms with E-state index in [1.807, 2.05) is 24.3 Å². The van der Waals surface area contributed by atoms with E-state index < -0.39 is 5.97 Å². The van der Waals surface area contributed by atoms with Crippen molar-refractivity contribution in [3.63, 3.8) is 0 Å². The summed E-state index contributed by atoms with van der Waals surface area (Å²) in [5.41, 5.74) is 1.54. The van der Waals surface area contributed by atoms with E-state index in [0.29, 0.717) is 5.69 Å². The molecule has 1 aromatic carbocycles. The third-order valence-corrected chi connectivity index (χ3v) is 3.32. The van der Waals surface area contributed by atoms with Crippen LogP contribution in [0.3, 0.4) is 0 Å².